The highest BCUT2D eigenvalue weighted by Gasteiger charge is 2.27. The topological polar surface area (TPSA) is 35.5 Å². The van der Waals surface area contributed by atoms with E-state index in [2.05, 4.69) is 45.2 Å². The van der Waals surface area contributed by atoms with Gasteiger partial charge in [-0.25, -0.2) is 4.79 Å². The molecule has 0 amide bonds. The molecular weight excluding hydrogens is 352 g/mol. The fourth-order valence-corrected chi connectivity index (χ4v) is 6.40. The maximum atomic E-state index is 12.1. The Bertz CT molecular complexity index is 535. The van der Waals surface area contributed by atoms with Gasteiger partial charge in [0.25, 0.3) is 0 Å². The van der Waals surface area contributed by atoms with Crippen LogP contribution in [0.1, 0.15) is 82.5 Å². The third kappa shape index (κ3) is 8.02. The third-order valence-corrected chi connectivity index (χ3v) is 10.4. The Labute approximate surface area is 167 Å². The van der Waals surface area contributed by atoms with Crippen LogP contribution >= 0.6 is 0 Å². The molecule has 4 heteroatoms. The lowest BCUT2D eigenvalue weighted by atomic mass is 10.1. The van der Waals surface area contributed by atoms with Crippen molar-refractivity contribution in [2.45, 2.75) is 84.2 Å². The second-order valence-corrected chi connectivity index (χ2v) is 12.0. The molecule has 0 heterocycles. The van der Waals surface area contributed by atoms with Gasteiger partial charge in [-0.2, -0.15) is 4.89 Å². The summed E-state index contributed by atoms with van der Waals surface area (Å²) in [6, 6.07) is 10.0. The van der Waals surface area contributed by atoms with E-state index in [1.807, 2.05) is 12.1 Å². The van der Waals surface area contributed by atoms with E-state index in [1.165, 1.54) is 43.7 Å². The van der Waals surface area contributed by atoms with Crippen molar-refractivity contribution in [2.75, 3.05) is 6.61 Å². The lowest BCUT2D eigenvalue weighted by molar-refractivity contribution is -0.241. The normalized spacial score (nSPS) is 11.4. The molecule has 0 aliphatic heterocycles. The van der Waals surface area contributed by atoms with Crippen molar-refractivity contribution in [3.63, 3.8) is 0 Å². The van der Waals surface area contributed by atoms with Gasteiger partial charge in [-0.15, -0.1) is 6.58 Å². The number of rotatable bonds is 15. The van der Waals surface area contributed by atoms with Crippen molar-refractivity contribution in [3.8, 4) is 0 Å². The average molecular weight is 391 g/mol. The Hall–Kier alpha value is -1.39. The molecule has 1 aromatic carbocycles. The Morgan fingerprint density at radius 3 is 2.00 bits per heavy atom. The summed E-state index contributed by atoms with van der Waals surface area (Å²) in [6.07, 6.45) is 9.87. The van der Waals surface area contributed by atoms with Crippen LogP contribution in [0.15, 0.2) is 36.5 Å². The Morgan fingerprint density at radius 2 is 1.48 bits per heavy atom. The summed E-state index contributed by atoms with van der Waals surface area (Å²) in [4.78, 5) is 22.1. The quantitative estimate of drug-likeness (QED) is 0.152. The first-order valence-electron chi connectivity index (χ1n) is 10.7. The smallest absolute Gasteiger partial charge is 0.293 e. The second-order valence-electron chi connectivity index (χ2n) is 7.31. The SMILES string of the molecule is C=C[Si](CC)(CC)c1ccc(C(=O)OOCCCCCCCCCC)cc1. The number of hydrogen-bond donors (Lipinski definition) is 0. The van der Waals surface area contributed by atoms with Crippen molar-refractivity contribution >= 4 is 19.2 Å². The summed E-state index contributed by atoms with van der Waals surface area (Å²) in [6.45, 7) is 11.2. The summed E-state index contributed by atoms with van der Waals surface area (Å²) in [5.41, 5.74) is 2.68. The predicted molar refractivity (Wildman–Crippen MR) is 117 cm³/mol. The molecule has 0 fully saturated rings. The van der Waals surface area contributed by atoms with Crippen molar-refractivity contribution in [2.24, 2.45) is 0 Å². The number of hydrogen-bond acceptors (Lipinski definition) is 3. The highest BCUT2D eigenvalue weighted by atomic mass is 28.3. The first-order chi connectivity index (χ1) is 13.1. The standard InChI is InChI=1S/C23H38O3Si/c1-5-9-10-11-12-13-14-15-20-25-26-23(24)21-16-18-22(19-17-21)27(6-2,7-3)8-4/h6,16-19H,2,5,7-15,20H2,1,3-4H3. The van der Waals surface area contributed by atoms with E-state index in [1.54, 1.807) is 0 Å². The summed E-state index contributed by atoms with van der Waals surface area (Å²) < 4.78 is 0. The summed E-state index contributed by atoms with van der Waals surface area (Å²) in [7, 11) is -1.63. The lowest BCUT2D eigenvalue weighted by Crippen LogP contribution is -2.44. The van der Waals surface area contributed by atoms with Crippen LogP contribution in [0.4, 0.5) is 0 Å². The molecule has 0 radical (unpaired) electrons. The number of carbonyl (C=O) groups is 1. The molecule has 0 aromatic heterocycles. The fraction of sp³-hybridized carbons (Fsp3) is 0.609. The van der Waals surface area contributed by atoms with Gasteiger partial charge in [0.2, 0.25) is 0 Å². The molecule has 3 nitrogen and oxygen atoms in total. The molecule has 152 valence electrons. The molecule has 0 unspecified atom stereocenters. The van der Waals surface area contributed by atoms with Gasteiger partial charge in [0.15, 0.2) is 0 Å². The molecule has 1 rings (SSSR count). The van der Waals surface area contributed by atoms with Crippen LogP contribution in [-0.2, 0) is 9.78 Å². The van der Waals surface area contributed by atoms with Crippen LogP contribution in [0.3, 0.4) is 0 Å². The summed E-state index contributed by atoms with van der Waals surface area (Å²) in [5.74, 6) is -0.417. The molecule has 0 atom stereocenters. The third-order valence-electron chi connectivity index (χ3n) is 5.56. The Morgan fingerprint density at radius 1 is 0.926 bits per heavy atom. The predicted octanol–water partition coefficient (Wildman–Crippen LogP) is 6.34. The Balaban J connectivity index is 2.28. The van der Waals surface area contributed by atoms with Gasteiger partial charge in [-0.05, 0) is 18.6 Å². The van der Waals surface area contributed by atoms with Gasteiger partial charge >= 0.3 is 5.97 Å². The lowest BCUT2D eigenvalue weighted by Gasteiger charge is -2.25. The molecule has 0 saturated carbocycles. The van der Waals surface area contributed by atoms with Crippen molar-refractivity contribution in [1.82, 2.24) is 0 Å². The molecule has 0 saturated heterocycles. The molecule has 0 aliphatic rings. The molecular formula is C23H38O3Si. The van der Waals surface area contributed by atoms with Gasteiger partial charge in [0.05, 0.1) is 12.2 Å². The summed E-state index contributed by atoms with van der Waals surface area (Å²) in [5, 5.41) is 1.32. The largest absolute Gasteiger partial charge is 0.373 e. The number of unbranched alkanes of at least 4 members (excludes halogenated alkanes) is 7. The zero-order chi connectivity index (χ0) is 20.0. The minimum atomic E-state index is -1.63. The van der Waals surface area contributed by atoms with Gasteiger partial charge in [0.1, 0.15) is 8.07 Å². The van der Waals surface area contributed by atoms with E-state index in [9.17, 15) is 4.79 Å². The van der Waals surface area contributed by atoms with Crippen molar-refractivity contribution < 1.29 is 14.6 Å². The highest BCUT2D eigenvalue weighted by Crippen LogP contribution is 2.17. The number of carbonyl (C=O) groups excluding carboxylic acids is 1. The van der Waals surface area contributed by atoms with Crippen LogP contribution in [0.5, 0.6) is 0 Å². The highest BCUT2D eigenvalue weighted by molar-refractivity contribution is 6.95. The van der Waals surface area contributed by atoms with Crippen LogP contribution in [0.25, 0.3) is 0 Å². The van der Waals surface area contributed by atoms with Gasteiger partial charge in [0, 0.05) is 0 Å². The maximum Gasteiger partial charge on any atom is 0.373 e. The summed E-state index contributed by atoms with van der Waals surface area (Å²) >= 11 is 0. The molecule has 0 spiro atoms. The van der Waals surface area contributed by atoms with E-state index in [-0.39, 0.29) is 0 Å². The second kappa shape index (κ2) is 13.7. The Kier molecular flexibility index (Phi) is 12.0. The van der Waals surface area contributed by atoms with Crippen LogP contribution < -0.4 is 5.19 Å². The zero-order valence-electron chi connectivity index (χ0n) is 17.6. The molecule has 0 N–H and O–H groups in total. The minimum absolute atomic E-state index is 0.417. The maximum absolute atomic E-state index is 12.1. The van der Waals surface area contributed by atoms with E-state index < -0.39 is 14.0 Å². The molecule has 0 aliphatic carbocycles. The monoisotopic (exact) mass is 390 g/mol. The van der Waals surface area contributed by atoms with Gasteiger partial charge in [-0.3, -0.25) is 4.89 Å². The first kappa shape index (κ1) is 23.6. The van der Waals surface area contributed by atoms with E-state index in [0.717, 1.165) is 24.9 Å². The average Bonchev–Trinajstić information content (AvgIpc) is 2.71. The van der Waals surface area contributed by atoms with Gasteiger partial charge < -0.3 is 0 Å². The number of benzene rings is 1. The van der Waals surface area contributed by atoms with Crippen LogP contribution in [0, 0.1) is 0 Å². The van der Waals surface area contributed by atoms with E-state index in [0.29, 0.717) is 12.2 Å². The van der Waals surface area contributed by atoms with Crippen LogP contribution in [0.2, 0.25) is 12.1 Å². The van der Waals surface area contributed by atoms with Crippen molar-refractivity contribution in [3.05, 3.63) is 42.1 Å². The fourth-order valence-electron chi connectivity index (χ4n) is 3.44. The molecule has 27 heavy (non-hydrogen) atoms. The minimum Gasteiger partial charge on any atom is -0.293 e. The van der Waals surface area contributed by atoms with E-state index in [4.69, 9.17) is 9.78 Å². The van der Waals surface area contributed by atoms with Crippen LogP contribution in [-0.4, -0.2) is 20.7 Å². The zero-order valence-corrected chi connectivity index (χ0v) is 18.6. The molecule has 1 aromatic rings. The van der Waals surface area contributed by atoms with E-state index >= 15 is 0 Å². The van der Waals surface area contributed by atoms with Gasteiger partial charge in [-0.1, -0.05) is 101 Å². The molecule has 0 bridgehead atoms. The first-order valence-corrected chi connectivity index (χ1v) is 13.2. The van der Waals surface area contributed by atoms with Crippen molar-refractivity contribution in [1.29, 1.82) is 0 Å².